The van der Waals surface area contributed by atoms with Crippen molar-refractivity contribution in [2.24, 2.45) is 5.92 Å². The normalized spacial score (nSPS) is 45.9. The van der Waals surface area contributed by atoms with Crippen molar-refractivity contribution in [3.8, 4) is 0 Å². The Labute approximate surface area is 63.2 Å². The Morgan fingerprint density at radius 3 is 1.90 bits per heavy atom. The Morgan fingerprint density at radius 2 is 1.60 bits per heavy atom. The van der Waals surface area contributed by atoms with Gasteiger partial charge in [0.25, 0.3) is 0 Å². The van der Waals surface area contributed by atoms with Crippen molar-refractivity contribution >= 4 is 0 Å². The molecule has 1 N–H and O–H groups in total. The van der Waals surface area contributed by atoms with Crippen LogP contribution in [0, 0.1) is 13.0 Å². The van der Waals surface area contributed by atoms with Gasteiger partial charge in [-0.05, 0) is 44.4 Å². The van der Waals surface area contributed by atoms with Crippen molar-refractivity contribution in [2.75, 3.05) is 0 Å². The summed E-state index contributed by atoms with van der Waals surface area (Å²) >= 11 is 0. The number of fused-ring (bicyclic) bond motifs is 3. The summed E-state index contributed by atoms with van der Waals surface area (Å²) in [6.45, 7) is 0. The second-order valence-corrected chi connectivity index (χ2v) is 3.94. The summed E-state index contributed by atoms with van der Waals surface area (Å²) in [6, 6.07) is 0. The first-order valence-corrected chi connectivity index (χ1v) is 4.39. The number of hydrogen-bond acceptors (Lipinski definition) is 1. The molecule has 0 atom stereocenters. The van der Waals surface area contributed by atoms with E-state index >= 15 is 0 Å². The van der Waals surface area contributed by atoms with E-state index in [4.69, 9.17) is 0 Å². The van der Waals surface area contributed by atoms with Gasteiger partial charge in [0.05, 0.1) is 0 Å². The van der Waals surface area contributed by atoms with E-state index in [1.54, 1.807) is 0 Å². The van der Waals surface area contributed by atoms with E-state index in [9.17, 15) is 0 Å². The Balaban J connectivity index is 2.08. The zero-order chi connectivity index (χ0) is 7.03. The quantitative estimate of drug-likeness (QED) is 0.585. The molecule has 3 saturated carbocycles. The van der Waals surface area contributed by atoms with Gasteiger partial charge in [0.15, 0.2) is 0 Å². The fraction of sp³-hybridized carbons (Fsp3) is 0.889. The molecule has 0 spiro atoms. The third-order valence-corrected chi connectivity index (χ3v) is 3.47. The van der Waals surface area contributed by atoms with Gasteiger partial charge in [0.2, 0.25) is 0 Å². The molecule has 0 aliphatic heterocycles. The van der Waals surface area contributed by atoms with Crippen LogP contribution in [0.15, 0.2) is 0 Å². The molecule has 3 rings (SSSR count). The van der Waals surface area contributed by atoms with E-state index < -0.39 is 0 Å². The first-order valence-electron chi connectivity index (χ1n) is 4.39. The minimum atomic E-state index is 0.467. The van der Waals surface area contributed by atoms with Gasteiger partial charge >= 0.3 is 0 Å². The van der Waals surface area contributed by atoms with Crippen molar-refractivity contribution in [3.63, 3.8) is 0 Å². The van der Waals surface area contributed by atoms with E-state index in [1.807, 2.05) is 0 Å². The van der Waals surface area contributed by atoms with Crippen molar-refractivity contribution in [3.05, 3.63) is 7.05 Å². The van der Waals surface area contributed by atoms with Crippen LogP contribution in [0.2, 0.25) is 0 Å². The maximum absolute atomic E-state index is 3.83. The minimum Gasteiger partial charge on any atom is -0.310 e. The first kappa shape index (κ1) is 6.66. The van der Waals surface area contributed by atoms with Gasteiger partial charge in [-0.3, -0.25) is 0 Å². The maximum Gasteiger partial charge on any atom is 0.0182 e. The molecular weight excluding hydrogens is 122 g/mol. The van der Waals surface area contributed by atoms with Crippen LogP contribution in [0.3, 0.4) is 0 Å². The average Bonchev–Trinajstić information content (AvgIpc) is 2.08. The minimum absolute atomic E-state index is 0.467. The average molecular weight is 138 g/mol. The van der Waals surface area contributed by atoms with Crippen LogP contribution in [0.4, 0.5) is 0 Å². The second kappa shape index (κ2) is 2.23. The molecule has 0 saturated heterocycles. The molecule has 3 fully saturated rings. The fourth-order valence-corrected chi connectivity index (χ4v) is 2.51. The molecule has 0 aromatic carbocycles. The van der Waals surface area contributed by atoms with Gasteiger partial charge in [-0.2, -0.15) is 0 Å². The van der Waals surface area contributed by atoms with Crippen molar-refractivity contribution in [1.29, 1.82) is 0 Å². The first-order chi connectivity index (χ1) is 4.85. The lowest BCUT2D eigenvalue weighted by Crippen LogP contribution is -2.48. The predicted molar refractivity (Wildman–Crippen MR) is 42.4 cm³/mol. The van der Waals surface area contributed by atoms with Gasteiger partial charge in [0.1, 0.15) is 0 Å². The molecule has 1 radical (unpaired) electrons. The number of hydrogen-bond donors (Lipinski definition) is 1. The Morgan fingerprint density at radius 1 is 1.10 bits per heavy atom. The van der Waals surface area contributed by atoms with E-state index in [0.717, 1.165) is 5.92 Å². The highest BCUT2D eigenvalue weighted by molar-refractivity contribution is 4.97. The summed E-state index contributed by atoms with van der Waals surface area (Å²) in [5, 5.41) is 3.26. The standard InChI is InChI=1S/C9H16N/c1-10-9-5-2-8(3-6-9)4-7-9/h8,10H,1-7H2. The summed E-state index contributed by atoms with van der Waals surface area (Å²) < 4.78 is 0. The Kier molecular flexibility index (Phi) is 1.48. The molecule has 10 heavy (non-hydrogen) atoms. The number of nitrogens with one attached hydrogen (secondary N) is 1. The maximum atomic E-state index is 3.83. The van der Waals surface area contributed by atoms with Crippen molar-refractivity contribution in [2.45, 2.75) is 44.1 Å². The fourth-order valence-electron chi connectivity index (χ4n) is 2.51. The van der Waals surface area contributed by atoms with Gasteiger partial charge in [0, 0.05) is 12.6 Å². The topological polar surface area (TPSA) is 12.0 Å². The van der Waals surface area contributed by atoms with E-state index in [1.165, 1.54) is 38.5 Å². The summed E-state index contributed by atoms with van der Waals surface area (Å²) in [6.07, 6.45) is 8.47. The molecule has 3 aliphatic rings. The van der Waals surface area contributed by atoms with Crippen LogP contribution in [0.25, 0.3) is 0 Å². The van der Waals surface area contributed by atoms with Gasteiger partial charge in [-0.15, -0.1) is 0 Å². The third-order valence-electron chi connectivity index (χ3n) is 3.47. The van der Waals surface area contributed by atoms with E-state index in [2.05, 4.69) is 12.4 Å². The molecule has 2 bridgehead atoms. The summed E-state index contributed by atoms with van der Waals surface area (Å²) in [7, 11) is 3.83. The summed E-state index contributed by atoms with van der Waals surface area (Å²) in [5.41, 5.74) is 0.467. The predicted octanol–water partition coefficient (Wildman–Crippen LogP) is 2.09. The largest absolute Gasteiger partial charge is 0.310 e. The van der Waals surface area contributed by atoms with E-state index in [0.29, 0.717) is 5.54 Å². The molecule has 1 nitrogen and oxygen atoms in total. The molecule has 0 aromatic heterocycles. The smallest absolute Gasteiger partial charge is 0.0182 e. The van der Waals surface area contributed by atoms with Gasteiger partial charge in [-0.25, -0.2) is 0 Å². The van der Waals surface area contributed by atoms with E-state index in [-0.39, 0.29) is 0 Å². The van der Waals surface area contributed by atoms with Crippen LogP contribution in [-0.4, -0.2) is 5.54 Å². The Bertz CT molecular complexity index is 109. The number of rotatable bonds is 1. The summed E-state index contributed by atoms with van der Waals surface area (Å²) in [5.74, 6) is 1.07. The molecule has 0 amide bonds. The highest BCUT2D eigenvalue weighted by Gasteiger charge is 2.38. The lowest BCUT2D eigenvalue weighted by Gasteiger charge is -2.46. The molecule has 57 valence electrons. The molecule has 0 unspecified atom stereocenters. The summed E-state index contributed by atoms with van der Waals surface area (Å²) in [4.78, 5) is 0. The van der Waals surface area contributed by atoms with Crippen LogP contribution in [0.1, 0.15) is 38.5 Å². The molecule has 1 heteroatoms. The molecule has 0 aromatic rings. The van der Waals surface area contributed by atoms with Crippen LogP contribution < -0.4 is 5.32 Å². The lowest BCUT2D eigenvalue weighted by atomic mass is 9.66. The second-order valence-electron chi connectivity index (χ2n) is 3.94. The zero-order valence-electron chi connectivity index (χ0n) is 6.53. The lowest BCUT2D eigenvalue weighted by molar-refractivity contribution is 0.118. The van der Waals surface area contributed by atoms with Crippen molar-refractivity contribution in [1.82, 2.24) is 5.32 Å². The highest BCUT2D eigenvalue weighted by Crippen LogP contribution is 2.43. The third kappa shape index (κ3) is 0.878. The molecule has 3 aliphatic carbocycles. The van der Waals surface area contributed by atoms with Crippen LogP contribution in [0.5, 0.6) is 0 Å². The zero-order valence-corrected chi connectivity index (χ0v) is 6.53. The monoisotopic (exact) mass is 138 g/mol. The molecule has 0 heterocycles. The van der Waals surface area contributed by atoms with Gasteiger partial charge in [-0.1, -0.05) is 0 Å². The highest BCUT2D eigenvalue weighted by atomic mass is 14.9. The van der Waals surface area contributed by atoms with Crippen molar-refractivity contribution < 1.29 is 0 Å². The van der Waals surface area contributed by atoms with Crippen LogP contribution >= 0.6 is 0 Å². The van der Waals surface area contributed by atoms with Crippen LogP contribution in [-0.2, 0) is 0 Å². The Hall–Kier alpha value is -0.0400. The SMILES string of the molecule is [CH2]NC12CCC(CC1)CC2. The molecular formula is C9H16N. The van der Waals surface area contributed by atoms with Gasteiger partial charge < -0.3 is 5.32 Å².